The van der Waals surface area contributed by atoms with Crippen molar-refractivity contribution in [2.45, 2.75) is 26.7 Å². The molecule has 0 spiro atoms. The molecular weight excluding hydrogens is 304 g/mol. The molecule has 1 aliphatic rings. The van der Waals surface area contributed by atoms with Crippen LogP contribution in [0.25, 0.3) is 11.3 Å². The lowest BCUT2D eigenvalue weighted by atomic mass is 10.1. The number of hydrogen-bond acceptors (Lipinski definition) is 4. The van der Waals surface area contributed by atoms with Crippen molar-refractivity contribution in [2.75, 3.05) is 19.7 Å². The second kappa shape index (κ2) is 7.29. The smallest absolute Gasteiger partial charge is 0.342 e. The molecule has 1 aliphatic heterocycles. The second-order valence-electron chi connectivity index (χ2n) is 5.79. The van der Waals surface area contributed by atoms with Gasteiger partial charge >= 0.3 is 5.97 Å². The topological polar surface area (TPSA) is 70.0 Å². The first-order valence-corrected chi connectivity index (χ1v) is 8.32. The molecule has 6 heteroatoms. The number of hydrogen-bond donors (Lipinski definition) is 1. The number of carbonyl (C=O) groups excluding carboxylic acids is 1. The molecule has 2 aromatic rings. The Bertz CT molecular complexity index is 731. The summed E-state index contributed by atoms with van der Waals surface area (Å²) >= 11 is 0. The van der Waals surface area contributed by atoms with Crippen LogP contribution in [0.4, 0.5) is 5.69 Å². The highest BCUT2D eigenvalue weighted by atomic mass is 16.5. The zero-order valence-electron chi connectivity index (χ0n) is 14.1. The van der Waals surface area contributed by atoms with E-state index in [0.717, 1.165) is 42.9 Å². The Hall–Kier alpha value is -2.63. The molecule has 3 rings (SSSR count). The maximum absolute atomic E-state index is 12.4. The van der Waals surface area contributed by atoms with Gasteiger partial charge in [-0.05, 0) is 26.7 Å². The van der Waals surface area contributed by atoms with Crippen molar-refractivity contribution >= 4 is 11.7 Å². The summed E-state index contributed by atoms with van der Waals surface area (Å²) in [7, 11) is 0. The number of nitrogens with one attached hydrogen (secondary N) is 1. The lowest BCUT2D eigenvalue weighted by Crippen LogP contribution is -2.10. The fourth-order valence-corrected chi connectivity index (χ4v) is 2.88. The highest BCUT2D eigenvalue weighted by Gasteiger charge is 2.23. The number of aryl methyl sites for hydroxylation is 1. The van der Waals surface area contributed by atoms with Crippen LogP contribution in [0, 0.1) is 6.92 Å². The minimum Gasteiger partial charge on any atom is -0.462 e. The van der Waals surface area contributed by atoms with Crippen LogP contribution >= 0.6 is 0 Å². The van der Waals surface area contributed by atoms with E-state index in [2.05, 4.69) is 15.3 Å². The van der Waals surface area contributed by atoms with Crippen LogP contribution in [0.1, 0.15) is 35.8 Å². The van der Waals surface area contributed by atoms with Gasteiger partial charge in [-0.3, -0.25) is 5.01 Å². The fraction of sp³-hybridized carbons (Fsp3) is 0.389. The highest BCUT2D eigenvalue weighted by Crippen LogP contribution is 2.36. The van der Waals surface area contributed by atoms with Crippen molar-refractivity contribution < 1.29 is 9.53 Å². The molecule has 24 heavy (non-hydrogen) atoms. The van der Waals surface area contributed by atoms with E-state index in [0.29, 0.717) is 17.9 Å². The van der Waals surface area contributed by atoms with Gasteiger partial charge in [0.2, 0.25) is 0 Å². The molecule has 1 aromatic heterocycles. The maximum Gasteiger partial charge on any atom is 0.342 e. The predicted octanol–water partition coefficient (Wildman–Crippen LogP) is 4.26. The molecule has 0 radical (unpaired) electrons. The number of nitrogens with zero attached hydrogens (tertiary/aromatic N) is 3. The van der Waals surface area contributed by atoms with Crippen molar-refractivity contribution in [3.63, 3.8) is 0 Å². The first-order valence-electron chi connectivity index (χ1n) is 8.32. The van der Waals surface area contributed by atoms with Crippen molar-refractivity contribution in [1.82, 2.24) is 9.99 Å². The molecule has 2 heterocycles. The molecular formula is C18H22N4O2. The third-order valence-electron chi connectivity index (χ3n) is 4.06. The van der Waals surface area contributed by atoms with Gasteiger partial charge in [-0.25, -0.2) is 4.79 Å². The zero-order valence-corrected chi connectivity index (χ0v) is 14.1. The number of carbonyl (C=O) groups is 1. The normalized spacial score (nSPS) is 14.5. The summed E-state index contributed by atoms with van der Waals surface area (Å²) < 4.78 is 5.20. The van der Waals surface area contributed by atoms with Gasteiger partial charge in [0.15, 0.2) is 0 Å². The van der Waals surface area contributed by atoms with Crippen LogP contribution in [0.5, 0.6) is 0 Å². The van der Waals surface area contributed by atoms with E-state index in [1.54, 1.807) is 6.92 Å². The predicted molar refractivity (Wildman–Crippen MR) is 92.2 cm³/mol. The van der Waals surface area contributed by atoms with Gasteiger partial charge in [0.1, 0.15) is 11.3 Å². The van der Waals surface area contributed by atoms with Crippen LogP contribution in [-0.4, -0.2) is 35.7 Å². The van der Waals surface area contributed by atoms with Crippen LogP contribution in [0.15, 0.2) is 40.7 Å². The molecule has 1 saturated heterocycles. The molecule has 126 valence electrons. The van der Waals surface area contributed by atoms with E-state index in [1.807, 2.05) is 42.3 Å². The number of ether oxygens (including phenoxy) is 1. The fourth-order valence-electron chi connectivity index (χ4n) is 2.88. The standard InChI is InChI=1S/C18H22N4O2/c1-3-24-18(23)15-13(2)19-16(14-9-5-4-6-10-14)17(15)20-21-22-11-7-8-12-22/h4-6,9-10,19H,3,7-8,11-12H2,1-2H3. The molecule has 1 aromatic carbocycles. The van der Waals surface area contributed by atoms with Gasteiger partial charge in [-0.1, -0.05) is 35.6 Å². The van der Waals surface area contributed by atoms with Crippen molar-refractivity contribution in [3.05, 3.63) is 41.6 Å². The van der Waals surface area contributed by atoms with E-state index in [9.17, 15) is 4.79 Å². The van der Waals surface area contributed by atoms with Crippen molar-refractivity contribution in [2.24, 2.45) is 10.3 Å². The first kappa shape index (κ1) is 16.2. The molecule has 1 fully saturated rings. The van der Waals surface area contributed by atoms with Gasteiger partial charge in [0.05, 0.1) is 12.3 Å². The Morgan fingerprint density at radius 3 is 2.62 bits per heavy atom. The van der Waals surface area contributed by atoms with E-state index in [4.69, 9.17) is 4.74 Å². The third kappa shape index (κ3) is 3.32. The largest absolute Gasteiger partial charge is 0.462 e. The monoisotopic (exact) mass is 326 g/mol. The quantitative estimate of drug-likeness (QED) is 0.659. The van der Waals surface area contributed by atoms with Crippen molar-refractivity contribution in [3.8, 4) is 11.3 Å². The zero-order chi connectivity index (χ0) is 16.9. The van der Waals surface area contributed by atoms with Gasteiger partial charge < -0.3 is 9.72 Å². The molecule has 0 atom stereocenters. The molecule has 0 aliphatic carbocycles. The van der Waals surface area contributed by atoms with E-state index in [-0.39, 0.29) is 5.97 Å². The summed E-state index contributed by atoms with van der Waals surface area (Å²) in [4.78, 5) is 15.6. The summed E-state index contributed by atoms with van der Waals surface area (Å²) in [6.07, 6.45) is 2.25. The summed E-state index contributed by atoms with van der Waals surface area (Å²) in [5.74, 6) is -0.371. The Balaban J connectivity index is 2.05. The average Bonchev–Trinajstić information content (AvgIpc) is 3.21. The summed E-state index contributed by atoms with van der Waals surface area (Å²) in [5.41, 5.74) is 3.50. The lowest BCUT2D eigenvalue weighted by Gasteiger charge is -2.08. The number of benzene rings is 1. The van der Waals surface area contributed by atoms with Gasteiger partial charge in [-0.2, -0.15) is 0 Å². The number of aromatic nitrogens is 1. The Morgan fingerprint density at radius 1 is 1.25 bits per heavy atom. The maximum atomic E-state index is 12.4. The van der Waals surface area contributed by atoms with Crippen LogP contribution < -0.4 is 0 Å². The SMILES string of the molecule is CCOC(=O)c1c(C)[nH]c(-c2ccccc2)c1N=NN1CCCC1. The number of H-pyrrole nitrogens is 1. The van der Waals surface area contributed by atoms with Crippen LogP contribution in [0.3, 0.4) is 0 Å². The Labute approximate surface area is 141 Å². The van der Waals surface area contributed by atoms with Gasteiger partial charge in [0.25, 0.3) is 0 Å². The van der Waals surface area contributed by atoms with E-state index >= 15 is 0 Å². The van der Waals surface area contributed by atoms with Gasteiger partial charge in [0, 0.05) is 24.3 Å². The van der Waals surface area contributed by atoms with E-state index in [1.165, 1.54) is 0 Å². The summed E-state index contributed by atoms with van der Waals surface area (Å²) in [6, 6.07) is 9.83. The minimum atomic E-state index is -0.371. The summed E-state index contributed by atoms with van der Waals surface area (Å²) in [6.45, 7) is 5.79. The second-order valence-corrected chi connectivity index (χ2v) is 5.79. The third-order valence-corrected chi connectivity index (χ3v) is 4.06. The van der Waals surface area contributed by atoms with E-state index < -0.39 is 0 Å². The Morgan fingerprint density at radius 2 is 1.96 bits per heavy atom. The van der Waals surface area contributed by atoms with Crippen LogP contribution in [-0.2, 0) is 4.74 Å². The van der Waals surface area contributed by atoms with Crippen molar-refractivity contribution in [1.29, 1.82) is 0 Å². The molecule has 1 N–H and O–H groups in total. The molecule has 0 amide bonds. The minimum absolute atomic E-state index is 0.326. The molecule has 0 saturated carbocycles. The van der Waals surface area contributed by atoms with Crippen LogP contribution in [0.2, 0.25) is 0 Å². The molecule has 0 bridgehead atoms. The number of esters is 1. The lowest BCUT2D eigenvalue weighted by molar-refractivity contribution is 0.0526. The highest BCUT2D eigenvalue weighted by molar-refractivity contribution is 6.00. The first-order chi connectivity index (χ1) is 11.7. The molecule has 0 unspecified atom stereocenters. The Kier molecular flexibility index (Phi) is 4.93. The summed E-state index contributed by atoms with van der Waals surface area (Å²) in [5, 5.41) is 10.7. The van der Waals surface area contributed by atoms with Gasteiger partial charge in [-0.15, -0.1) is 5.11 Å². The average molecular weight is 326 g/mol. The number of aromatic amines is 1. The molecule has 6 nitrogen and oxygen atoms in total. The number of rotatable bonds is 5.